The third kappa shape index (κ3) is 2.80. The van der Waals surface area contributed by atoms with Gasteiger partial charge < -0.3 is 8.98 Å². The Balaban J connectivity index is 1.60. The number of furan rings is 1. The van der Waals surface area contributed by atoms with Crippen molar-refractivity contribution in [2.45, 2.75) is 13.5 Å². The first-order chi connectivity index (χ1) is 11.3. The summed E-state index contributed by atoms with van der Waals surface area (Å²) < 4.78 is 7.68. The number of aromatic nitrogens is 4. The molecule has 0 unspecified atom stereocenters. The number of imidazole rings is 1. The summed E-state index contributed by atoms with van der Waals surface area (Å²) >= 11 is 1.59. The van der Waals surface area contributed by atoms with Gasteiger partial charge in [-0.05, 0) is 31.2 Å². The highest BCUT2D eigenvalue weighted by molar-refractivity contribution is 7.13. The van der Waals surface area contributed by atoms with Crippen LogP contribution in [-0.4, -0.2) is 19.5 Å². The molecular weight excluding hydrogens is 308 g/mol. The van der Waals surface area contributed by atoms with E-state index in [0.717, 1.165) is 33.7 Å². The molecule has 4 aromatic heterocycles. The number of rotatable bonds is 4. The Hall–Kier alpha value is -2.73. The molecule has 0 saturated carbocycles. The van der Waals surface area contributed by atoms with Crippen LogP contribution in [-0.2, 0) is 6.54 Å². The summed E-state index contributed by atoms with van der Waals surface area (Å²) in [6, 6.07) is 9.72. The Morgan fingerprint density at radius 2 is 2.09 bits per heavy atom. The molecule has 0 atom stereocenters. The zero-order valence-corrected chi connectivity index (χ0v) is 13.3. The minimum atomic E-state index is 0.655. The molecule has 0 aliphatic heterocycles. The zero-order valence-electron chi connectivity index (χ0n) is 12.5. The van der Waals surface area contributed by atoms with E-state index in [2.05, 4.69) is 24.9 Å². The van der Waals surface area contributed by atoms with Crippen LogP contribution >= 0.6 is 11.3 Å². The summed E-state index contributed by atoms with van der Waals surface area (Å²) in [5.41, 5.74) is 1.84. The molecule has 0 radical (unpaired) electrons. The highest BCUT2D eigenvalue weighted by Gasteiger charge is 2.11. The minimum absolute atomic E-state index is 0.655. The van der Waals surface area contributed by atoms with Crippen molar-refractivity contribution in [3.8, 4) is 22.3 Å². The molecule has 0 aromatic carbocycles. The minimum Gasteiger partial charge on any atom is -0.459 e. The molecule has 23 heavy (non-hydrogen) atoms. The average Bonchev–Trinajstić information content (AvgIpc) is 3.29. The molecular formula is C17H14N4OS. The maximum atomic E-state index is 5.63. The first-order valence-corrected chi connectivity index (χ1v) is 8.11. The van der Waals surface area contributed by atoms with E-state index in [0.29, 0.717) is 6.54 Å². The van der Waals surface area contributed by atoms with Gasteiger partial charge in [-0.3, -0.25) is 4.98 Å². The van der Waals surface area contributed by atoms with Crippen LogP contribution in [0.3, 0.4) is 0 Å². The molecule has 0 aliphatic rings. The molecule has 0 aliphatic carbocycles. The normalized spacial score (nSPS) is 11.0. The molecule has 0 bridgehead atoms. The smallest absolute Gasteiger partial charge is 0.162 e. The van der Waals surface area contributed by atoms with Crippen molar-refractivity contribution >= 4 is 11.3 Å². The van der Waals surface area contributed by atoms with Crippen LogP contribution in [0.2, 0.25) is 0 Å². The van der Waals surface area contributed by atoms with E-state index >= 15 is 0 Å². The predicted molar refractivity (Wildman–Crippen MR) is 89.1 cm³/mol. The lowest BCUT2D eigenvalue weighted by Gasteiger charge is -2.05. The number of hydrogen-bond acceptors (Lipinski definition) is 5. The summed E-state index contributed by atoms with van der Waals surface area (Å²) in [5, 5.41) is 2.95. The SMILES string of the molecule is Cc1ccc(-c2nc(Cn3ccnc3-c3ccccn3)cs2)o1. The highest BCUT2D eigenvalue weighted by Crippen LogP contribution is 2.26. The van der Waals surface area contributed by atoms with Crippen LogP contribution in [0.4, 0.5) is 0 Å². The van der Waals surface area contributed by atoms with Crippen LogP contribution in [0.25, 0.3) is 22.3 Å². The lowest BCUT2D eigenvalue weighted by Crippen LogP contribution is -2.02. The fraction of sp³-hybridized carbons (Fsp3) is 0.118. The van der Waals surface area contributed by atoms with Gasteiger partial charge in [0.15, 0.2) is 16.6 Å². The molecule has 0 saturated heterocycles. The number of thiazole rings is 1. The second-order valence-electron chi connectivity index (χ2n) is 5.15. The Labute approximate surface area is 137 Å². The van der Waals surface area contributed by atoms with E-state index in [1.807, 2.05) is 43.5 Å². The van der Waals surface area contributed by atoms with Crippen LogP contribution < -0.4 is 0 Å². The number of aryl methyl sites for hydroxylation is 1. The third-order valence-corrected chi connectivity index (χ3v) is 4.35. The van der Waals surface area contributed by atoms with Crippen molar-refractivity contribution < 1.29 is 4.42 Å². The molecule has 114 valence electrons. The molecule has 0 spiro atoms. The highest BCUT2D eigenvalue weighted by atomic mass is 32.1. The Morgan fingerprint density at radius 1 is 1.13 bits per heavy atom. The molecule has 5 nitrogen and oxygen atoms in total. The standard InChI is InChI=1S/C17H14N4OS/c1-12-5-6-15(22-12)17-20-13(11-23-17)10-21-9-8-19-16(21)14-4-2-3-7-18-14/h2-9,11H,10H2,1H3. The number of pyridine rings is 1. The average molecular weight is 322 g/mol. The van der Waals surface area contributed by atoms with E-state index < -0.39 is 0 Å². The van der Waals surface area contributed by atoms with Crippen molar-refractivity contribution in [2.75, 3.05) is 0 Å². The van der Waals surface area contributed by atoms with E-state index in [1.165, 1.54) is 0 Å². The number of hydrogen-bond donors (Lipinski definition) is 0. The van der Waals surface area contributed by atoms with Gasteiger partial charge in [-0.15, -0.1) is 11.3 Å². The summed E-state index contributed by atoms with van der Waals surface area (Å²) in [5.74, 6) is 2.55. The summed E-state index contributed by atoms with van der Waals surface area (Å²) in [6.07, 6.45) is 5.50. The molecule has 4 heterocycles. The van der Waals surface area contributed by atoms with Gasteiger partial charge in [0.25, 0.3) is 0 Å². The van der Waals surface area contributed by atoms with Crippen molar-refractivity contribution in [1.29, 1.82) is 0 Å². The van der Waals surface area contributed by atoms with Crippen molar-refractivity contribution in [2.24, 2.45) is 0 Å². The van der Waals surface area contributed by atoms with Gasteiger partial charge in [0, 0.05) is 24.0 Å². The van der Waals surface area contributed by atoms with Crippen molar-refractivity contribution in [1.82, 2.24) is 19.5 Å². The molecule has 0 N–H and O–H groups in total. The van der Waals surface area contributed by atoms with Crippen LogP contribution in [0, 0.1) is 6.92 Å². The Bertz CT molecular complexity index is 923. The Morgan fingerprint density at radius 3 is 2.87 bits per heavy atom. The second-order valence-corrected chi connectivity index (χ2v) is 6.01. The van der Waals surface area contributed by atoms with Gasteiger partial charge in [-0.2, -0.15) is 0 Å². The van der Waals surface area contributed by atoms with Gasteiger partial charge in [0.2, 0.25) is 0 Å². The zero-order chi connectivity index (χ0) is 15.6. The lowest BCUT2D eigenvalue weighted by atomic mass is 10.3. The summed E-state index contributed by atoms with van der Waals surface area (Å²) in [4.78, 5) is 13.4. The van der Waals surface area contributed by atoms with E-state index in [9.17, 15) is 0 Å². The molecule has 4 rings (SSSR count). The molecule has 6 heteroatoms. The number of nitrogens with zero attached hydrogens (tertiary/aromatic N) is 4. The fourth-order valence-electron chi connectivity index (χ4n) is 2.38. The van der Waals surface area contributed by atoms with E-state index in [-0.39, 0.29) is 0 Å². The van der Waals surface area contributed by atoms with Gasteiger partial charge in [0.1, 0.15) is 11.5 Å². The van der Waals surface area contributed by atoms with Gasteiger partial charge in [-0.25, -0.2) is 9.97 Å². The van der Waals surface area contributed by atoms with Crippen LogP contribution in [0.15, 0.2) is 58.7 Å². The first-order valence-electron chi connectivity index (χ1n) is 7.23. The van der Waals surface area contributed by atoms with Gasteiger partial charge in [-0.1, -0.05) is 6.07 Å². The maximum Gasteiger partial charge on any atom is 0.162 e. The van der Waals surface area contributed by atoms with Crippen LogP contribution in [0.1, 0.15) is 11.5 Å². The molecule has 0 fully saturated rings. The lowest BCUT2D eigenvalue weighted by molar-refractivity contribution is 0.547. The predicted octanol–water partition coefficient (Wildman–Crippen LogP) is 4.02. The maximum absolute atomic E-state index is 5.63. The quantitative estimate of drug-likeness (QED) is 0.569. The largest absolute Gasteiger partial charge is 0.459 e. The monoisotopic (exact) mass is 322 g/mol. The first kappa shape index (κ1) is 13.9. The van der Waals surface area contributed by atoms with Crippen molar-refractivity contribution in [3.63, 3.8) is 0 Å². The topological polar surface area (TPSA) is 56.7 Å². The van der Waals surface area contributed by atoms with Crippen LogP contribution in [0.5, 0.6) is 0 Å². The van der Waals surface area contributed by atoms with Crippen molar-refractivity contribution in [3.05, 3.63) is 65.8 Å². The van der Waals surface area contributed by atoms with E-state index in [1.54, 1.807) is 23.7 Å². The summed E-state index contributed by atoms with van der Waals surface area (Å²) in [6.45, 7) is 2.59. The summed E-state index contributed by atoms with van der Waals surface area (Å²) in [7, 11) is 0. The van der Waals surface area contributed by atoms with E-state index in [4.69, 9.17) is 4.42 Å². The van der Waals surface area contributed by atoms with Gasteiger partial charge >= 0.3 is 0 Å². The molecule has 0 amide bonds. The third-order valence-electron chi connectivity index (χ3n) is 3.44. The Kier molecular flexibility index (Phi) is 3.51. The fourth-order valence-corrected chi connectivity index (χ4v) is 3.15. The van der Waals surface area contributed by atoms with Gasteiger partial charge in [0.05, 0.1) is 12.2 Å². The second kappa shape index (κ2) is 5.81. The molecule has 4 aromatic rings.